The summed E-state index contributed by atoms with van der Waals surface area (Å²) in [7, 11) is 0. The summed E-state index contributed by atoms with van der Waals surface area (Å²) in [6.45, 7) is 2.28. The van der Waals surface area contributed by atoms with Crippen LogP contribution in [0, 0.1) is 17.8 Å². The van der Waals surface area contributed by atoms with Crippen LogP contribution in [0.5, 0.6) is 0 Å². The number of benzene rings is 1. The molecule has 0 aromatic heterocycles. The molecular weight excluding hydrogens is 426 g/mol. The van der Waals surface area contributed by atoms with Gasteiger partial charge in [0.05, 0.1) is 11.4 Å². The third kappa shape index (κ3) is 5.59. The first-order chi connectivity index (χ1) is 16.5. The lowest BCUT2D eigenvalue weighted by Crippen LogP contribution is -2.57. The average Bonchev–Trinajstić information content (AvgIpc) is 2.79. The van der Waals surface area contributed by atoms with Crippen LogP contribution >= 0.6 is 0 Å². The van der Waals surface area contributed by atoms with E-state index in [0.29, 0.717) is 18.0 Å². The predicted molar refractivity (Wildman–Crippen MR) is 135 cm³/mol. The second-order valence-electron chi connectivity index (χ2n) is 11.3. The van der Waals surface area contributed by atoms with Crippen molar-refractivity contribution in [2.45, 2.75) is 95.7 Å². The number of nitrogens with one attached hydrogen (secondary N) is 2. The van der Waals surface area contributed by atoms with Gasteiger partial charge < -0.3 is 15.4 Å². The molecular formula is C28H41N3O3. The molecule has 2 heterocycles. The first kappa shape index (κ1) is 23.7. The molecule has 6 atom stereocenters. The van der Waals surface area contributed by atoms with Gasteiger partial charge in [0.1, 0.15) is 0 Å². The van der Waals surface area contributed by atoms with E-state index in [1.807, 2.05) is 24.3 Å². The summed E-state index contributed by atoms with van der Waals surface area (Å²) in [5.41, 5.74) is 1.73. The van der Waals surface area contributed by atoms with E-state index in [2.05, 4.69) is 15.5 Å². The molecule has 3 aliphatic carbocycles. The van der Waals surface area contributed by atoms with Crippen molar-refractivity contribution in [3.63, 3.8) is 0 Å². The predicted octanol–water partition coefficient (Wildman–Crippen LogP) is 5.20. The second kappa shape index (κ2) is 10.7. The summed E-state index contributed by atoms with van der Waals surface area (Å²) in [6, 6.07) is 9.80. The molecule has 0 radical (unpaired) electrons. The molecule has 5 fully saturated rings. The van der Waals surface area contributed by atoms with Crippen LogP contribution in [0.15, 0.2) is 24.3 Å². The molecule has 2 saturated heterocycles. The number of carbonyl (C=O) groups is 2. The van der Waals surface area contributed by atoms with E-state index in [-0.39, 0.29) is 12.5 Å². The maximum absolute atomic E-state index is 12.3. The lowest BCUT2D eigenvalue weighted by atomic mass is 9.68. The van der Waals surface area contributed by atoms with Gasteiger partial charge in [-0.3, -0.25) is 14.5 Å². The highest BCUT2D eigenvalue weighted by Gasteiger charge is 2.42. The Labute approximate surface area is 204 Å². The number of amides is 1. The van der Waals surface area contributed by atoms with Crippen molar-refractivity contribution < 1.29 is 14.3 Å². The Morgan fingerprint density at radius 1 is 0.912 bits per heavy atom. The molecule has 1 aromatic carbocycles. The molecule has 0 spiro atoms. The molecule has 6 heteroatoms. The Hall–Kier alpha value is -2.08. The standard InChI is InChI=1S/C28H41N3O3/c1-19(32)34-18-28(33)30-26-12-5-4-11-25(26)29-27-16-23-10-3-2-9-22(27)17-31(23)24-14-20-7-6-8-21(13-20)15-24/h4-5,11-12,20-24,27,29H,2-3,6-10,13-18H2,1H3,(H,30,33)/t20-,21+,22?,23-,24+,27+/m1/s1. The van der Waals surface area contributed by atoms with Gasteiger partial charge in [-0.1, -0.05) is 44.2 Å². The van der Waals surface area contributed by atoms with Crippen LogP contribution in [0.1, 0.15) is 77.6 Å². The van der Waals surface area contributed by atoms with Gasteiger partial charge in [-0.05, 0) is 68.4 Å². The second-order valence-corrected chi connectivity index (χ2v) is 11.3. The number of anilines is 2. The van der Waals surface area contributed by atoms with Gasteiger partial charge in [0.2, 0.25) is 0 Å². The Morgan fingerprint density at radius 3 is 2.41 bits per heavy atom. The van der Waals surface area contributed by atoms with Gasteiger partial charge in [0.15, 0.2) is 6.61 Å². The lowest BCUT2D eigenvalue weighted by molar-refractivity contribution is -0.144. The number of rotatable bonds is 6. The topological polar surface area (TPSA) is 70.7 Å². The maximum atomic E-state index is 12.3. The number of para-hydroxylation sites is 2. The number of hydrogen-bond donors (Lipinski definition) is 2. The number of fused-ring (bicyclic) bond motifs is 7. The molecule has 5 aliphatic rings. The van der Waals surface area contributed by atoms with Crippen molar-refractivity contribution >= 4 is 23.3 Å². The maximum Gasteiger partial charge on any atom is 0.303 e. The van der Waals surface area contributed by atoms with Crippen molar-refractivity contribution in [1.29, 1.82) is 0 Å². The van der Waals surface area contributed by atoms with E-state index in [1.165, 1.54) is 84.1 Å². The Balaban J connectivity index is 1.26. The first-order valence-electron chi connectivity index (χ1n) is 13.6. The van der Waals surface area contributed by atoms with Crippen LogP contribution < -0.4 is 10.6 Å². The van der Waals surface area contributed by atoms with E-state index in [9.17, 15) is 9.59 Å². The molecule has 6 nitrogen and oxygen atoms in total. The highest BCUT2D eigenvalue weighted by atomic mass is 16.5. The van der Waals surface area contributed by atoms with E-state index < -0.39 is 5.97 Å². The van der Waals surface area contributed by atoms with Gasteiger partial charge in [-0.15, -0.1) is 0 Å². The highest BCUT2D eigenvalue weighted by Crippen LogP contribution is 2.45. The van der Waals surface area contributed by atoms with Gasteiger partial charge >= 0.3 is 5.97 Å². The summed E-state index contributed by atoms with van der Waals surface area (Å²) in [6.07, 6.45) is 15.2. The fourth-order valence-corrected chi connectivity index (χ4v) is 7.39. The number of ether oxygens (including phenoxy) is 1. The Bertz CT molecular complexity index is 862. The quantitative estimate of drug-likeness (QED) is 0.563. The normalized spacial score (nSPS) is 33.4. The summed E-state index contributed by atoms with van der Waals surface area (Å²) < 4.78 is 4.86. The number of hydrogen-bond acceptors (Lipinski definition) is 5. The molecule has 6 rings (SSSR count). The third-order valence-corrected chi connectivity index (χ3v) is 8.89. The van der Waals surface area contributed by atoms with Crippen LogP contribution in [0.4, 0.5) is 11.4 Å². The van der Waals surface area contributed by atoms with Gasteiger partial charge in [-0.25, -0.2) is 0 Å². The van der Waals surface area contributed by atoms with Crippen molar-refractivity contribution in [2.24, 2.45) is 17.8 Å². The van der Waals surface area contributed by atoms with Crippen molar-refractivity contribution in [2.75, 3.05) is 23.8 Å². The van der Waals surface area contributed by atoms with Crippen LogP contribution in [-0.4, -0.2) is 48.1 Å². The molecule has 2 aliphatic heterocycles. The van der Waals surface area contributed by atoms with Crippen LogP contribution in [-0.2, 0) is 14.3 Å². The summed E-state index contributed by atoms with van der Waals surface area (Å²) in [5, 5.41) is 6.75. The molecule has 2 N–H and O–H groups in total. The van der Waals surface area contributed by atoms with E-state index in [1.54, 1.807) is 0 Å². The third-order valence-electron chi connectivity index (χ3n) is 8.89. The SMILES string of the molecule is CC(=O)OCC(=O)Nc1ccccc1N[C@H]1C[C@H]2CCCCC1CN2[C@H]1C[C@@H]2CCC[C@@H](C2)C1. The van der Waals surface area contributed by atoms with E-state index in [4.69, 9.17) is 4.74 Å². The summed E-state index contributed by atoms with van der Waals surface area (Å²) >= 11 is 0. The Morgan fingerprint density at radius 2 is 1.65 bits per heavy atom. The van der Waals surface area contributed by atoms with Gasteiger partial charge in [0.25, 0.3) is 5.91 Å². The minimum Gasteiger partial charge on any atom is -0.456 e. The molecule has 1 unspecified atom stereocenters. The summed E-state index contributed by atoms with van der Waals surface area (Å²) in [4.78, 5) is 26.3. The van der Waals surface area contributed by atoms with E-state index >= 15 is 0 Å². The monoisotopic (exact) mass is 467 g/mol. The molecule has 34 heavy (non-hydrogen) atoms. The molecule has 3 saturated carbocycles. The smallest absolute Gasteiger partial charge is 0.303 e. The molecule has 1 aromatic rings. The zero-order valence-corrected chi connectivity index (χ0v) is 20.6. The first-order valence-corrected chi connectivity index (χ1v) is 13.6. The average molecular weight is 468 g/mol. The van der Waals surface area contributed by atoms with Gasteiger partial charge in [-0.2, -0.15) is 0 Å². The zero-order chi connectivity index (χ0) is 23.5. The van der Waals surface area contributed by atoms with Crippen molar-refractivity contribution in [1.82, 2.24) is 4.90 Å². The lowest BCUT2D eigenvalue weighted by Gasteiger charge is -2.53. The Kier molecular flexibility index (Phi) is 7.43. The van der Waals surface area contributed by atoms with Crippen LogP contribution in [0.2, 0.25) is 0 Å². The summed E-state index contributed by atoms with van der Waals surface area (Å²) in [5.74, 6) is 1.83. The van der Waals surface area contributed by atoms with Crippen molar-refractivity contribution in [3.8, 4) is 0 Å². The minimum atomic E-state index is -0.446. The number of nitrogens with zero attached hydrogens (tertiary/aromatic N) is 1. The molecule has 1 amide bonds. The van der Waals surface area contributed by atoms with Crippen LogP contribution in [0.3, 0.4) is 0 Å². The van der Waals surface area contributed by atoms with Crippen LogP contribution in [0.25, 0.3) is 0 Å². The molecule has 186 valence electrons. The fraction of sp³-hybridized carbons (Fsp3) is 0.714. The van der Waals surface area contributed by atoms with E-state index in [0.717, 1.165) is 29.3 Å². The number of piperidine rings is 1. The zero-order valence-electron chi connectivity index (χ0n) is 20.6. The fourth-order valence-electron chi connectivity index (χ4n) is 7.39. The number of esters is 1. The van der Waals surface area contributed by atoms with Gasteiger partial charge in [0, 0.05) is 31.6 Å². The van der Waals surface area contributed by atoms with Crippen molar-refractivity contribution in [3.05, 3.63) is 24.3 Å². The highest BCUT2D eigenvalue weighted by molar-refractivity contribution is 5.95. The minimum absolute atomic E-state index is 0.254. The largest absolute Gasteiger partial charge is 0.456 e. The number of carbonyl (C=O) groups excluding carboxylic acids is 2. The molecule has 4 bridgehead atoms.